The standard InChI is InChI=1S/C7H14N2O.C2H6.CH4/c1-6-7(10)9(3)5-4-8(6)2;1-2;/h6H,4-5H2,1-3H3;1-2H3;1H4. The summed E-state index contributed by atoms with van der Waals surface area (Å²) in [6, 6.07) is 0.0683. The summed E-state index contributed by atoms with van der Waals surface area (Å²) in [6.07, 6.45) is 0. The van der Waals surface area contributed by atoms with E-state index in [9.17, 15) is 4.79 Å². The molecule has 0 N–H and O–H groups in total. The first-order valence-electron chi connectivity index (χ1n) is 4.58. The molecular weight excluding hydrogens is 164 g/mol. The van der Waals surface area contributed by atoms with Gasteiger partial charge in [-0.2, -0.15) is 0 Å². The number of nitrogens with zero attached hydrogens (tertiary/aromatic N) is 2. The summed E-state index contributed by atoms with van der Waals surface area (Å²) >= 11 is 0. The summed E-state index contributed by atoms with van der Waals surface area (Å²) in [6.45, 7) is 7.79. The van der Waals surface area contributed by atoms with E-state index < -0.39 is 0 Å². The smallest absolute Gasteiger partial charge is 0.239 e. The van der Waals surface area contributed by atoms with Crippen molar-refractivity contribution in [3.05, 3.63) is 0 Å². The molecule has 1 aliphatic heterocycles. The van der Waals surface area contributed by atoms with Gasteiger partial charge in [-0.05, 0) is 14.0 Å². The molecular formula is C10H24N2O. The maximum atomic E-state index is 11.2. The van der Waals surface area contributed by atoms with Crippen molar-refractivity contribution in [2.24, 2.45) is 0 Å². The molecule has 0 saturated carbocycles. The lowest BCUT2D eigenvalue weighted by Gasteiger charge is -2.34. The molecule has 13 heavy (non-hydrogen) atoms. The predicted molar refractivity (Wildman–Crippen MR) is 57.8 cm³/mol. The summed E-state index contributed by atoms with van der Waals surface area (Å²) in [5.41, 5.74) is 0. The Kier molecular flexibility index (Phi) is 7.92. The van der Waals surface area contributed by atoms with Crippen LogP contribution in [-0.4, -0.2) is 48.9 Å². The van der Waals surface area contributed by atoms with Crippen molar-refractivity contribution >= 4 is 5.91 Å². The van der Waals surface area contributed by atoms with Crippen LogP contribution in [0, 0.1) is 0 Å². The second-order valence-electron chi connectivity index (χ2n) is 2.92. The van der Waals surface area contributed by atoms with Gasteiger partial charge in [0, 0.05) is 20.1 Å². The third-order valence-electron chi connectivity index (χ3n) is 2.18. The molecule has 0 bridgehead atoms. The van der Waals surface area contributed by atoms with E-state index in [0.717, 1.165) is 13.1 Å². The van der Waals surface area contributed by atoms with Crippen LogP contribution in [0.5, 0.6) is 0 Å². The Labute approximate surface area is 82.7 Å². The summed E-state index contributed by atoms with van der Waals surface area (Å²) in [5, 5.41) is 0. The molecule has 0 aromatic carbocycles. The SMILES string of the molecule is C.CC.CC1C(=O)N(C)CCN1C. The van der Waals surface area contributed by atoms with Gasteiger partial charge >= 0.3 is 0 Å². The second-order valence-corrected chi connectivity index (χ2v) is 2.92. The zero-order chi connectivity index (χ0) is 9.72. The van der Waals surface area contributed by atoms with Crippen LogP contribution >= 0.6 is 0 Å². The third-order valence-corrected chi connectivity index (χ3v) is 2.18. The fourth-order valence-corrected chi connectivity index (χ4v) is 1.12. The van der Waals surface area contributed by atoms with Crippen LogP contribution in [0.2, 0.25) is 0 Å². The van der Waals surface area contributed by atoms with Crippen LogP contribution < -0.4 is 0 Å². The lowest BCUT2D eigenvalue weighted by Crippen LogP contribution is -2.52. The number of carbonyl (C=O) groups is 1. The molecule has 1 fully saturated rings. The number of hydrogen-bond donors (Lipinski definition) is 0. The Bertz CT molecular complexity index is 148. The Morgan fingerprint density at radius 3 is 2.08 bits per heavy atom. The Morgan fingerprint density at radius 1 is 1.23 bits per heavy atom. The van der Waals surface area contributed by atoms with E-state index in [0.29, 0.717) is 0 Å². The van der Waals surface area contributed by atoms with Gasteiger partial charge in [-0.15, -0.1) is 0 Å². The number of amides is 1. The van der Waals surface area contributed by atoms with Gasteiger partial charge in [-0.25, -0.2) is 0 Å². The largest absolute Gasteiger partial charge is 0.343 e. The number of likely N-dealkylation sites (N-methyl/N-ethyl adjacent to an activating group) is 2. The predicted octanol–water partition coefficient (Wildman–Crippen LogP) is 1.44. The molecule has 1 rings (SSSR count). The Hall–Kier alpha value is -0.570. The van der Waals surface area contributed by atoms with E-state index >= 15 is 0 Å². The maximum absolute atomic E-state index is 11.2. The topological polar surface area (TPSA) is 23.6 Å². The molecule has 0 aromatic heterocycles. The molecule has 0 radical (unpaired) electrons. The molecule has 0 aliphatic carbocycles. The fraction of sp³-hybridized carbons (Fsp3) is 0.900. The number of rotatable bonds is 0. The van der Waals surface area contributed by atoms with Gasteiger partial charge in [0.15, 0.2) is 0 Å². The van der Waals surface area contributed by atoms with E-state index in [-0.39, 0.29) is 19.4 Å². The molecule has 1 heterocycles. The molecule has 1 saturated heterocycles. The highest BCUT2D eigenvalue weighted by atomic mass is 16.2. The van der Waals surface area contributed by atoms with E-state index in [2.05, 4.69) is 4.90 Å². The van der Waals surface area contributed by atoms with Crippen LogP contribution in [0.1, 0.15) is 28.2 Å². The first-order chi connectivity index (χ1) is 5.63. The van der Waals surface area contributed by atoms with Gasteiger partial charge < -0.3 is 4.90 Å². The van der Waals surface area contributed by atoms with Crippen molar-refractivity contribution in [3.63, 3.8) is 0 Å². The van der Waals surface area contributed by atoms with Gasteiger partial charge in [0.1, 0.15) is 0 Å². The summed E-state index contributed by atoms with van der Waals surface area (Å²) in [4.78, 5) is 15.1. The van der Waals surface area contributed by atoms with Crippen molar-refractivity contribution in [1.29, 1.82) is 0 Å². The number of piperazine rings is 1. The number of carbonyl (C=O) groups excluding carboxylic acids is 1. The van der Waals surface area contributed by atoms with Crippen molar-refractivity contribution in [3.8, 4) is 0 Å². The maximum Gasteiger partial charge on any atom is 0.239 e. The van der Waals surface area contributed by atoms with Crippen molar-refractivity contribution < 1.29 is 4.79 Å². The first kappa shape index (κ1) is 14.9. The second kappa shape index (κ2) is 6.89. The lowest BCUT2D eigenvalue weighted by atomic mass is 10.2. The van der Waals surface area contributed by atoms with Crippen molar-refractivity contribution in [2.75, 3.05) is 27.2 Å². The Morgan fingerprint density at radius 2 is 1.69 bits per heavy atom. The fourth-order valence-electron chi connectivity index (χ4n) is 1.12. The molecule has 0 aromatic rings. The minimum atomic E-state index is 0. The highest BCUT2D eigenvalue weighted by Crippen LogP contribution is 2.05. The lowest BCUT2D eigenvalue weighted by molar-refractivity contribution is -0.138. The molecule has 3 nitrogen and oxygen atoms in total. The average molecular weight is 188 g/mol. The van der Waals surface area contributed by atoms with E-state index in [1.807, 2.05) is 34.9 Å². The summed E-state index contributed by atoms with van der Waals surface area (Å²) in [5.74, 6) is 0.230. The summed E-state index contributed by atoms with van der Waals surface area (Å²) < 4.78 is 0. The van der Waals surface area contributed by atoms with Crippen LogP contribution in [0.15, 0.2) is 0 Å². The van der Waals surface area contributed by atoms with Crippen molar-refractivity contribution in [1.82, 2.24) is 9.80 Å². The zero-order valence-electron chi connectivity index (χ0n) is 8.79. The Balaban J connectivity index is 0. The first-order valence-corrected chi connectivity index (χ1v) is 4.58. The van der Waals surface area contributed by atoms with Crippen LogP contribution in [0.3, 0.4) is 0 Å². The highest BCUT2D eigenvalue weighted by Gasteiger charge is 2.25. The number of hydrogen-bond acceptors (Lipinski definition) is 2. The molecule has 1 aliphatic rings. The molecule has 3 heteroatoms. The molecule has 1 unspecified atom stereocenters. The van der Waals surface area contributed by atoms with Gasteiger partial charge in [0.2, 0.25) is 5.91 Å². The zero-order valence-corrected chi connectivity index (χ0v) is 8.79. The molecule has 0 spiro atoms. The normalized spacial score (nSPS) is 23.0. The van der Waals surface area contributed by atoms with Gasteiger partial charge in [-0.1, -0.05) is 21.3 Å². The minimum Gasteiger partial charge on any atom is -0.343 e. The molecule has 1 amide bonds. The molecule has 1 atom stereocenters. The van der Waals surface area contributed by atoms with E-state index in [1.165, 1.54) is 0 Å². The third kappa shape index (κ3) is 3.77. The summed E-state index contributed by atoms with van der Waals surface area (Å²) in [7, 11) is 3.83. The monoisotopic (exact) mass is 188 g/mol. The van der Waals surface area contributed by atoms with E-state index in [4.69, 9.17) is 0 Å². The van der Waals surface area contributed by atoms with Crippen LogP contribution in [-0.2, 0) is 4.79 Å². The van der Waals surface area contributed by atoms with Crippen LogP contribution in [0.25, 0.3) is 0 Å². The quantitative estimate of drug-likeness (QED) is 0.574. The minimum absolute atomic E-state index is 0. The van der Waals surface area contributed by atoms with Gasteiger partial charge in [0.05, 0.1) is 6.04 Å². The highest BCUT2D eigenvalue weighted by molar-refractivity contribution is 5.81. The molecule has 80 valence electrons. The van der Waals surface area contributed by atoms with Gasteiger partial charge in [0.25, 0.3) is 0 Å². The average Bonchev–Trinajstić information content (AvgIpc) is 2.12. The van der Waals surface area contributed by atoms with E-state index in [1.54, 1.807) is 4.90 Å². The van der Waals surface area contributed by atoms with Crippen LogP contribution in [0.4, 0.5) is 0 Å². The van der Waals surface area contributed by atoms with Crippen molar-refractivity contribution in [2.45, 2.75) is 34.2 Å². The van der Waals surface area contributed by atoms with Gasteiger partial charge in [-0.3, -0.25) is 9.69 Å².